The number of piperidine rings is 1. The summed E-state index contributed by atoms with van der Waals surface area (Å²) in [6, 6.07) is 1.48. The van der Waals surface area contributed by atoms with Crippen molar-refractivity contribution in [2.75, 3.05) is 19.6 Å². The Kier molecular flexibility index (Phi) is 4.48. The Morgan fingerprint density at radius 1 is 1.18 bits per heavy atom. The SMILES string of the molecule is CC1CCCCCN1CC1NCCCC1(C)C. The highest BCUT2D eigenvalue weighted by molar-refractivity contribution is 4.91. The van der Waals surface area contributed by atoms with E-state index in [9.17, 15) is 0 Å². The van der Waals surface area contributed by atoms with E-state index in [0.717, 1.165) is 6.04 Å². The Labute approximate surface area is 107 Å². The second-order valence-corrected chi connectivity index (χ2v) is 6.79. The Balaban J connectivity index is 1.93. The van der Waals surface area contributed by atoms with Crippen molar-refractivity contribution < 1.29 is 0 Å². The molecule has 0 aromatic rings. The van der Waals surface area contributed by atoms with Crippen molar-refractivity contribution in [3.63, 3.8) is 0 Å². The Hall–Kier alpha value is -0.0800. The van der Waals surface area contributed by atoms with Crippen molar-refractivity contribution in [1.82, 2.24) is 10.2 Å². The molecule has 2 heteroatoms. The van der Waals surface area contributed by atoms with Gasteiger partial charge in [0.2, 0.25) is 0 Å². The minimum absolute atomic E-state index is 0.476. The van der Waals surface area contributed by atoms with Crippen molar-refractivity contribution >= 4 is 0 Å². The van der Waals surface area contributed by atoms with Crippen LogP contribution in [0.5, 0.6) is 0 Å². The highest BCUT2D eigenvalue weighted by atomic mass is 15.2. The molecule has 1 N–H and O–H groups in total. The molecule has 0 aromatic heterocycles. The molecule has 2 unspecified atom stereocenters. The Morgan fingerprint density at radius 2 is 2.00 bits per heavy atom. The molecule has 2 aliphatic heterocycles. The lowest BCUT2D eigenvalue weighted by atomic mass is 9.77. The standard InChI is InChI=1S/C15H30N2/c1-13-8-5-4-6-11-17(13)12-14-15(2,3)9-7-10-16-14/h13-14,16H,4-12H2,1-3H3. The van der Waals surface area contributed by atoms with Crippen LogP contribution in [0.1, 0.15) is 59.3 Å². The molecule has 2 nitrogen and oxygen atoms in total. The molecule has 2 fully saturated rings. The van der Waals surface area contributed by atoms with Crippen LogP contribution in [0.3, 0.4) is 0 Å². The van der Waals surface area contributed by atoms with E-state index in [-0.39, 0.29) is 0 Å². The van der Waals surface area contributed by atoms with E-state index in [4.69, 9.17) is 0 Å². The fourth-order valence-electron chi connectivity index (χ4n) is 3.42. The maximum Gasteiger partial charge on any atom is 0.0246 e. The van der Waals surface area contributed by atoms with Gasteiger partial charge in [-0.1, -0.05) is 26.7 Å². The maximum atomic E-state index is 3.76. The fourth-order valence-corrected chi connectivity index (χ4v) is 3.42. The Morgan fingerprint density at radius 3 is 2.76 bits per heavy atom. The number of hydrogen-bond acceptors (Lipinski definition) is 2. The molecule has 0 aliphatic carbocycles. The van der Waals surface area contributed by atoms with Gasteiger partial charge in [-0.05, 0) is 51.1 Å². The molecule has 100 valence electrons. The van der Waals surface area contributed by atoms with Crippen LogP contribution in [0.2, 0.25) is 0 Å². The second kappa shape index (κ2) is 5.71. The van der Waals surface area contributed by atoms with Crippen molar-refractivity contribution in [3.05, 3.63) is 0 Å². The molecule has 2 heterocycles. The summed E-state index contributed by atoms with van der Waals surface area (Å²) in [5, 5.41) is 3.76. The first-order valence-electron chi connectivity index (χ1n) is 7.57. The van der Waals surface area contributed by atoms with E-state index in [2.05, 4.69) is 31.0 Å². The second-order valence-electron chi connectivity index (χ2n) is 6.79. The summed E-state index contributed by atoms with van der Waals surface area (Å²) in [4.78, 5) is 2.73. The van der Waals surface area contributed by atoms with Gasteiger partial charge in [0.25, 0.3) is 0 Å². The van der Waals surface area contributed by atoms with Gasteiger partial charge in [-0.2, -0.15) is 0 Å². The summed E-state index contributed by atoms with van der Waals surface area (Å²) < 4.78 is 0. The largest absolute Gasteiger partial charge is 0.312 e. The number of nitrogens with one attached hydrogen (secondary N) is 1. The summed E-state index contributed by atoms with van der Waals surface area (Å²) in [5.41, 5.74) is 0.476. The molecule has 0 bridgehead atoms. The molecule has 2 aliphatic rings. The molecular formula is C15H30N2. The molecule has 2 rings (SSSR count). The lowest BCUT2D eigenvalue weighted by Crippen LogP contribution is -2.54. The van der Waals surface area contributed by atoms with Crippen LogP contribution >= 0.6 is 0 Å². The van der Waals surface area contributed by atoms with Crippen LogP contribution in [-0.4, -0.2) is 36.6 Å². The zero-order valence-corrected chi connectivity index (χ0v) is 12.0. The molecule has 2 atom stereocenters. The highest BCUT2D eigenvalue weighted by Gasteiger charge is 2.34. The van der Waals surface area contributed by atoms with E-state index < -0.39 is 0 Å². The lowest BCUT2D eigenvalue weighted by Gasteiger charge is -2.43. The smallest absolute Gasteiger partial charge is 0.0246 e. The van der Waals surface area contributed by atoms with Gasteiger partial charge in [-0.25, -0.2) is 0 Å². The maximum absolute atomic E-state index is 3.76. The van der Waals surface area contributed by atoms with Crippen LogP contribution in [-0.2, 0) is 0 Å². The monoisotopic (exact) mass is 238 g/mol. The van der Waals surface area contributed by atoms with Gasteiger partial charge in [0.05, 0.1) is 0 Å². The van der Waals surface area contributed by atoms with Crippen LogP contribution in [0.25, 0.3) is 0 Å². The topological polar surface area (TPSA) is 15.3 Å². The summed E-state index contributed by atoms with van der Waals surface area (Å²) >= 11 is 0. The van der Waals surface area contributed by atoms with E-state index in [1.165, 1.54) is 58.2 Å². The van der Waals surface area contributed by atoms with Crippen molar-refractivity contribution in [3.8, 4) is 0 Å². The minimum atomic E-state index is 0.476. The first-order chi connectivity index (χ1) is 8.09. The zero-order valence-electron chi connectivity index (χ0n) is 12.0. The number of likely N-dealkylation sites (tertiary alicyclic amines) is 1. The van der Waals surface area contributed by atoms with Gasteiger partial charge < -0.3 is 5.32 Å². The van der Waals surface area contributed by atoms with E-state index in [1.807, 2.05) is 0 Å². The highest BCUT2D eigenvalue weighted by Crippen LogP contribution is 2.31. The summed E-state index contributed by atoms with van der Waals surface area (Å²) in [6.07, 6.45) is 8.39. The molecule has 2 saturated heterocycles. The molecule has 0 amide bonds. The quantitative estimate of drug-likeness (QED) is 0.795. The first-order valence-corrected chi connectivity index (χ1v) is 7.57. The fraction of sp³-hybridized carbons (Fsp3) is 1.00. The normalized spacial score (nSPS) is 35.5. The van der Waals surface area contributed by atoms with Gasteiger partial charge in [-0.15, -0.1) is 0 Å². The molecule has 0 radical (unpaired) electrons. The third-order valence-electron chi connectivity index (χ3n) is 4.94. The van der Waals surface area contributed by atoms with Gasteiger partial charge in [0, 0.05) is 18.6 Å². The zero-order chi connectivity index (χ0) is 12.3. The van der Waals surface area contributed by atoms with Gasteiger partial charge in [0.1, 0.15) is 0 Å². The van der Waals surface area contributed by atoms with Crippen LogP contribution < -0.4 is 5.32 Å². The third kappa shape index (κ3) is 3.45. The van der Waals surface area contributed by atoms with Crippen molar-refractivity contribution in [2.24, 2.45) is 5.41 Å². The molecule has 0 aromatic carbocycles. The van der Waals surface area contributed by atoms with Crippen molar-refractivity contribution in [1.29, 1.82) is 0 Å². The lowest BCUT2D eigenvalue weighted by molar-refractivity contribution is 0.107. The third-order valence-corrected chi connectivity index (χ3v) is 4.94. The van der Waals surface area contributed by atoms with Gasteiger partial charge in [0.15, 0.2) is 0 Å². The number of nitrogens with zero attached hydrogens (tertiary/aromatic N) is 1. The van der Waals surface area contributed by atoms with E-state index >= 15 is 0 Å². The first kappa shape index (κ1) is 13.4. The van der Waals surface area contributed by atoms with Gasteiger partial charge >= 0.3 is 0 Å². The summed E-state index contributed by atoms with van der Waals surface area (Å²) in [6.45, 7) is 11.1. The summed E-state index contributed by atoms with van der Waals surface area (Å²) in [7, 11) is 0. The average molecular weight is 238 g/mol. The molecule has 0 saturated carbocycles. The van der Waals surface area contributed by atoms with Crippen LogP contribution in [0.15, 0.2) is 0 Å². The van der Waals surface area contributed by atoms with Crippen LogP contribution in [0.4, 0.5) is 0 Å². The predicted molar refractivity (Wildman–Crippen MR) is 74.3 cm³/mol. The number of rotatable bonds is 2. The van der Waals surface area contributed by atoms with Gasteiger partial charge in [-0.3, -0.25) is 4.90 Å². The van der Waals surface area contributed by atoms with E-state index in [1.54, 1.807) is 0 Å². The molecule has 0 spiro atoms. The minimum Gasteiger partial charge on any atom is -0.312 e. The van der Waals surface area contributed by atoms with Crippen molar-refractivity contribution in [2.45, 2.75) is 71.4 Å². The van der Waals surface area contributed by atoms with E-state index in [0.29, 0.717) is 11.5 Å². The Bertz CT molecular complexity index is 237. The molecular weight excluding hydrogens is 208 g/mol. The summed E-state index contributed by atoms with van der Waals surface area (Å²) in [5.74, 6) is 0. The van der Waals surface area contributed by atoms with Crippen LogP contribution in [0, 0.1) is 5.41 Å². The number of hydrogen-bond donors (Lipinski definition) is 1. The molecule has 17 heavy (non-hydrogen) atoms. The average Bonchev–Trinajstić information content (AvgIpc) is 2.47. The predicted octanol–water partition coefficient (Wildman–Crippen LogP) is 3.03.